The first-order chi connectivity index (χ1) is 12.1. The Hall–Kier alpha value is -3.15. The summed E-state index contributed by atoms with van der Waals surface area (Å²) in [7, 11) is 0. The van der Waals surface area contributed by atoms with Gasteiger partial charge in [0.05, 0.1) is 11.9 Å². The Kier molecular flexibility index (Phi) is 3.72. The van der Waals surface area contributed by atoms with Crippen LogP contribution in [0.15, 0.2) is 42.5 Å². The highest BCUT2D eigenvalue weighted by molar-refractivity contribution is 6.05. The average molecular weight is 333 g/mol. The first-order valence-corrected chi connectivity index (χ1v) is 8.08. The second-order valence-corrected chi connectivity index (χ2v) is 6.15. The summed E-state index contributed by atoms with van der Waals surface area (Å²) >= 11 is 0. The molecule has 2 amide bonds. The molecule has 0 saturated carbocycles. The molecule has 1 aliphatic rings. The van der Waals surface area contributed by atoms with Gasteiger partial charge in [-0.3, -0.25) is 14.7 Å². The van der Waals surface area contributed by atoms with E-state index < -0.39 is 5.91 Å². The molecular weight excluding hydrogens is 316 g/mol. The van der Waals surface area contributed by atoms with Crippen LogP contribution in [0.1, 0.15) is 27.2 Å². The molecule has 3 N–H and O–H groups in total. The first kappa shape index (κ1) is 15.4. The summed E-state index contributed by atoms with van der Waals surface area (Å²) in [5.41, 5.74) is 9.45. The van der Waals surface area contributed by atoms with Crippen LogP contribution in [0.5, 0.6) is 0 Å². The topological polar surface area (TPSA) is 92.1 Å². The van der Waals surface area contributed by atoms with Gasteiger partial charge in [0.1, 0.15) is 0 Å². The Labute approximate surface area is 144 Å². The van der Waals surface area contributed by atoms with E-state index in [0.29, 0.717) is 24.9 Å². The van der Waals surface area contributed by atoms with Gasteiger partial charge in [-0.2, -0.15) is 5.10 Å². The van der Waals surface area contributed by atoms with Gasteiger partial charge >= 0.3 is 0 Å². The van der Waals surface area contributed by atoms with Gasteiger partial charge in [0.25, 0.3) is 5.91 Å². The molecule has 0 fully saturated rings. The summed E-state index contributed by atoms with van der Waals surface area (Å²) < 4.78 is 0. The standard InChI is InChI=1S/C19H17N4O2/c20-19(25)18-17-14-11-23(10-12-4-2-1-3-5-12)16(24)9-7-13(14)6-8-15(17)21-22-18/h1-6,8-9H,7,10-11H2,(H2,20,25)(H,21,22). The SMILES string of the molecule is NC(=O)c1n[nH]c2ccc3c(c12)CN(Cc1ccccc1)C(=O)[CH]C3. The van der Waals surface area contributed by atoms with Gasteiger partial charge in [-0.05, 0) is 29.2 Å². The van der Waals surface area contributed by atoms with Gasteiger partial charge < -0.3 is 10.6 Å². The number of nitrogens with two attached hydrogens (primary N) is 1. The predicted octanol–water partition coefficient (Wildman–Crippen LogP) is 1.95. The normalized spacial score (nSPS) is 14.4. The number of benzene rings is 2. The molecule has 6 nitrogen and oxygen atoms in total. The summed E-state index contributed by atoms with van der Waals surface area (Å²) in [6.07, 6.45) is 2.21. The molecule has 6 heteroatoms. The zero-order chi connectivity index (χ0) is 17.4. The maximum absolute atomic E-state index is 12.5. The van der Waals surface area contributed by atoms with E-state index in [1.165, 1.54) is 0 Å². The zero-order valence-corrected chi connectivity index (χ0v) is 13.5. The smallest absolute Gasteiger partial charge is 0.269 e. The lowest BCUT2D eigenvalue weighted by molar-refractivity contribution is -0.128. The quantitative estimate of drug-likeness (QED) is 0.767. The maximum atomic E-state index is 12.5. The lowest BCUT2D eigenvalue weighted by atomic mass is 9.98. The average Bonchev–Trinajstić information content (AvgIpc) is 2.99. The Morgan fingerprint density at radius 2 is 2.00 bits per heavy atom. The maximum Gasteiger partial charge on any atom is 0.269 e. The molecule has 1 aliphatic heterocycles. The third-order valence-corrected chi connectivity index (χ3v) is 4.54. The van der Waals surface area contributed by atoms with Crippen LogP contribution >= 0.6 is 0 Å². The fraction of sp³-hybridized carbons (Fsp3) is 0.158. The number of nitrogens with one attached hydrogen (secondary N) is 1. The van der Waals surface area contributed by atoms with Crippen LogP contribution in [0.2, 0.25) is 0 Å². The number of carbonyl (C=O) groups excluding carboxylic acids is 2. The van der Waals surface area contributed by atoms with Crippen molar-refractivity contribution in [2.75, 3.05) is 0 Å². The molecule has 1 aromatic heterocycles. The highest BCUT2D eigenvalue weighted by Crippen LogP contribution is 2.29. The zero-order valence-electron chi connectivity index (χ0n) is 13.5. The summed E-state index contributed by atoms with van der Waals surface area (Å²) in [4.78, 5) is 26.0. The van der Waals surface area contributed by atoms with Crippen LogP contribution in [-0.4, -0.2) is 26.9 Å². The molecule has 0 saturated heterocycles. The summed E-state index contributed by atoms with van der Waals surface area (Å²) in [6, 6.07) is 13.7. The van der Waals surface area contributed by atoms with Gasteiger partial charge in [-0.15, -0.1) is 0 Å². The summed E-state index contributed by atoms with van der Waals surface area (Å²) in [5, 5.41) is 7.61. The Balaban J connectivity index is 1.78. The lowest BCUT2D eigenvalue weighted by Gasteiger charge is -2.21. The second-order valence-electron chi connectivity index (χ2n) is 6.15. The van der Waals surface area contributed by atoms with Crippen LogP contribution in [0.3, 0.4) is 0 Å². The summed E-state index contributed by atoms with van der Waals surface area (Å²) in [5.74, 6) is -0.592. The Morgan fingerprint density at radius 1 is 1.20 bits per heavy atom. The number of rotatable bonds is 3. The number of primary amides is 1. The minimum atomic E-state index is -0.575. The summed E-state index contributed by atoms with van der Waals surface area (Å²) in [6.45, 7) is 0.923. The third-order valence-electron chi connectivity index (χ3n) is 4.54. The van der Waals surface area contributed by atoms with Crippen LogP contribution < -0.4 is 5.73 Å². The van der Waals surface area contributed by atoms with Gasteiger partial charge in [-0.1, -0.05) is 36.4 Å². The highest BCUT2D eigenvalue weighted by Gasteiger charge is 2.25. The molecule has 0 bridgehead atoms. The van der Waals surface area contributed by atoms with E-state index in [2.05, 4.69) is 10.2 Å². The molecule has 0 aliphatic carbocycles. The van der Waals surface area contributed by atoms with Gasteiger partial charge in [0.15, 0.2) is 5.69 Å². The molecule has 1 radical (unpaired) electrons. The van der Waals surface area contributed by atoms with Gasteiger partial charge in [0, 0.05) is 18.5 Å². The van der Waals surface area contributed by atoms with E-state index in [-0.39, 0.29) is 11.6 Å². The number of amides is 2. The van der Waals surface area contributed by atoms with Crippen LogP contribution in [0, 0.1) is 6.42 Å². The van der Waals surface area contributed by atoms with Gasteiger partial charge in [0.2, 0.25) is 5.91 Å². The minimum Gasteiger partial charge on any atom is -0.364 e. The monoisotopic (exact) mass is 333 g/mol. The number of hydrogen-bond donors (Lipinski definition) is 2. The van der Waals surface area contributed by atoms with E-state index in [1.54, 1.807) is 11.3 Å². The van der Waals surface area contributed by atoms with Crippen molar-refractivity contribution < 1.29 is 9.59 Å². The molecule has 0 unspecified atom stereocenters. The first-order valence-electron chi connectivity index (χ1n) is 8.08. The third kappa shape index (κ3) is 2.76. The van der Waals surface area contributed by atoms with E-state index in [0.717, 1.165) is 22.2 Å². The molecule has 125 valence electrons. The number of aromatic amines is 1. The van der Waals surface area contributed by atoms with Crippen LogP contribution in [0.4, 0.5) is 0 Å². The van der Waals surface area contributed by atoms with Crippen LogP contribution in [-0.2, 0) is 24.3 Å². The molecule has 3 aromatic rings. The van der Waals surface area contributed by atoms with Crippen molar-refractivity contribution in [3.05, 3.63) is 71.3 Å². The van der Waals surface area contributed by atoms with E-state index >= 15 is 0 Å². The fourth-order valence-corrected chi connectivity index (χ4v) is 3.31. The van der Waals surface area contributed by atoms with Crippen molar-refractivity contribution in [3.63, 3.8) is 0 Å². The molecule has 4 rings (SSSR count). The van der Waals surface area contributed by atoms with E-state index in [9.17, 15) is 9.59 Å². The highest BCUT2D eigenvalue weighted by atomic mass is 16.2. The number of H-pyrrole nitrogens is 1. The molecule has 0 spiro atoms. The Bertz CT molecular complexity index is 962. The van der Waals surface area contributed by atoms with Crippen molar-refractivity contribution in [1.29, 1.82) is 0 Å². The van der Waals surface area contributed by atoms with Gasteiger partial charge in [-0.25, -0.2) is 0 Å². The van der Waals surface area contributed by atoms with Crippen molar-refractivity contribution >= 4 is 22.7 Å². The predicted molar refractivity (Wildman–Crippen MR) is 93.3 cm³/mol. The largest absolute Gasteiger partial charge is 0.364 e. The van der Waals surface area contributed by atoms with Crippen molar-refractivity contribution in [2.24, 2.45) is 5.73 Å². The lowest BCUT2D eigenvalue weighted by Crippen LogP contribution is -2.29. The molecule has 2 aromatic carbocycles. The van der Waals surface area contributed by atoms with Crippen molar-refractivity contribution in [2.45, 2.75) is 19.5 Å². The van der Waals surface area contributed by atoms with Crippen LogP contribution in [0.25, 0.3) is 10.9 Å². The van der Waals surface area contributed by atoms with Crippen molar-refractivity contribution in [1.82, 2.24) is 15.1 Å². The number of nitrogens with zero attached hydrogens (tertiary/aromatic N) is 2. The number of carbonyl (C=O) groups is 2. The van der Waals surface area contributed by atoms with E-state index in [4.69, 9.17) is 5.73 Å². The number of hydrogen-bond acceptors (Lipinski definition) is 3. The van der Waals surface area contributed by atoms with E-state index in [1.807, 2.05) is 42.5 Å². The Morgan fingerprint density at radius 3 is 2.76 bits per heavy atom. The number of aromatic nitrogens is 2. The second kappa shape index (κ2) is 6.05. The molecule has 25 heavy (non-hydrogen) atoms. The van der Waals surface area contributed by atoms with Crippen molar-refractivity contribution in [3.8, 4) is 0 Å². The molecule has 2 heterocycles. The fourth-order valence-electron chi connectivity index (χ4n) is 3.31. The number of fused-ring (bicyclic) bond motifs is 3. The molecular formula is C19H17N4O2. The molecule has 0 atom stereocenters. The minimum absolute atomic E-state index is 0.0164.